The Morgan fingerprint density at radius 1 is 1.09 bits per heavy atom. The van der Waals surface area contributed by atoms with Crippen LogP contribution in [0.5, 0.6) is 0 Å². The number of hydrogen-bond acceptors (Lipinski definition) is 5. The van der Waals surface area contributed by atoms with E-state index in [1.165, 1.54) is 4.90 Å². The fourth-order valence-corrected chi connectivity index (χ4v) is 4.07. The predicted octanol–water partition coefficient (Wildman–Crippen LogP) is 3.34. The Morgan fingerprint density at radius 3 is 2.50 bits per heavy atom. The van der Waals surface area contributed by atoms with Gasteiger partial charge in [-0.1, -0.05) is 36.4 Å². The summed E-state index contributed by atoms with van der Waals surface area (Å²) in [5.41, 5.74) is 2.76. The molecular formula is C24H21N3O4S. The lowest BCUT2D eigenvalue weighted by Crippen LogP contribution is -2.54. The van der Waals surface area contributed by atoms with E-state index in [-0.39, 0.29) is 29.8 Å². The van der Waals surface area contributed by atoms with Crippen molar-refractivity contribution < 1.29 is 19.1 Å². The molecule has 4 rings (SSSR count). The van der Waals surface area contributed by atoms with Crippen LogP contribution in [0.4, 0.5) is 5.69 Å². The van der Waals surface area contributed by atoms with Gasteiger partial charge in [0.05, 0.1) is 12.3 Å². The van der Waals surface area contributed by atoms with E-state index in [2.05, 4.69) is 5.32 Å². The summed E-state index contributed by atoms with van der Waals surface area (Å²) in [6.07, 6.45) is 1.56. The number of anilines is 1. The lowest BCUT2D eigenvalue weighted by Gasteiger charge is -2.28. The van der Waals surface area contributed by atoms with Crippen LogP contribution in [0.1, 0.15) is 18.2 Å². The van der Waals surface area contributed by atoms with Crippen LogP contribution in [-0.4, -0.2) is 34.1 Å². The molecular weight excluding hydrogens is 426 g/mol. The average molecular weight is 448 g/mol. The summed E-state index contributed by atoms with van der Waals surface area (Å²) in [5, 5.41) is 3.45. The first-order chi connectivity index (χ1) is 15.4. The van der Waals surface area contributed by atoms with Gasteiger partial charge < -0.3 is 9.30 Å². The summed E-state index contributed by atoms with van der Waals surface area (Å²) in [6.45, 7) is 3.92. The minimum Gasteiger partial charge on any atom is -0.465 e. The maximum atomic E-state index is 13.3. The third-order valence-corrected chi connectivity index (χ3v) is 5.56. The van der Waals surface area contributed by atoms with Gasteiger partial charge in [-0.15, -0.1) is 0 Å². The lowest BCUT2D eigenvalue weighted by atomic mass is 10.0. The number of esters is 1. The number of para-hydroxylation sites is 2. The average Bonchev–Trinajstić information content (AvgIpc) is 3.03. The number of aromatic nitrogens is 1. The normalized spacial score (nSPS) is 15.4. The smallest absolute Gasteiger partial charge is 0.325 e. The van der Waals surface area contributed by atoms with E-state index in [1.54, 1.807) is 37.3 Å². The number of amides is 2. The summed E-state index contributed by atoms with van der Waals surface area (Å²) in [5.74, 6) is -1.43. The number of fused-ring (bicyclic) bond motifs is 1. The summed E-state index contributed by atoms with van der Waals surface area (Å²) in [6, 6.07) is 16.4. The van der Waals surface area contributed by atoms with Gasteiger partial charge >= 0.3 is 5.97 Å². The number of thiocarbonyl (C=S) groups is 1. The molecule has 1 aromatic heterocycles. The Bertz CT molecular complexity index is 1280. The van der Waals surface area contributed by atoms with E-state index >= 15 is 0 Å². The maximum absolute atomic E-state index is 13.3. The second kappa shape index (κ2) is 8.76. The van der Waals surface area contributed by atoms with Crippen molar-refractivity contribution in [3.05, 3.63) is 71.4 Å². The number of ether oxygens (including phenoxy) is 1. The summed E-state index contributed by atoms with van der Waals surface area (Å²) in [4.78, 5) is 39.5. The molecule has 1 aliphatic rings. The summed E-state index contributed by atoms with van der Waals surface area (Å²) in [7, 11) is 0. The number of rotatable bonds is 5. The molecule has 162 valence electrons. The molecule has 0 radical (unpaired) electrons. The zero-order valence-electron chi connectivity index (χ0n) is 17.6. The summed E-state index contributed by atoms with van der Waals surface area (Å²) < 4.78 is 6.93. The Labute approximate surface area is 190 Å². The molecule has 7 nitrogen and oxygen atoms in total. The van der Waals surface area contributed by atoms with E-state index in [1.807, 2.05) is 41.8 Å². The van der Waals surface area contributed by atoms with E-state index in [4.69, 9.17) is 17.0 Å². The first-order valence-electron chi connectivity index (χ1n) is 10.1. The number of carbonyl (C=O) groups is 3. The van der Waals surface area contributed by atoms with Crippen LogP contribution in [-0.2, 0) is 25.7 Å². The predicted molar refractivity (Wildman–Crippen MR) is 126 cm³/mol. The maximum Gasteiger partial charge on any atom is 0.325 e. The molecule has 0 unspecified atom stereocenters. The molecule has 1 aliphatic heterocycles. The quantitative estimate of drug-likeness (QED) is 0.281. The van der Waals surface area contributed by atoms with Crippen molar-refractivity contribution in [2.45, 2.75) is 20.4 Å². The second-order valence-corrected chi connectivity index (χ2v) is 7.59. The highest BCUT2D eigenvalue weighted by molar-refractivity contribution is 7.80. The van der Waals surface area contributed by atoms with E-state index in [0.717, 1.165) is 16.6 Å². The largest absolute Gasteiger partial charge is 0.465 e. The molecule has 1 N–H and O–H groups in total. The highest BCUT2D eigenvalue weighted by atomic mass is 32.1. The molecule has 0 spiro atoms. The topological polar surface area (TPSA) is 80.6 Å². The monoisotopic (exact) mass is 447 g/mol. The zero-order valence-corrected chi connectivity index (χ0v) is 18.4. The van der Waals surface area contributed by atoms with Gasteiger partial charge in [-0.3, -0.25) is 24.6 Å². The Kier molecular flexibility index (Phi) is 5.87. The molecule has 0 saturated carbocycles. The van der Waals surface area contributed by atoms with Crippen molar-refractivity contribution in [1.29, 1.82) is 0 Å². The first kappa shape index (κ1) is 21.5. The Morgan fingerprint density at radius 2 is 1.78 bits per heavy atom. The zero-order chi connectivity index (χ0) is 22.8. The first-order valence-corrected chi connectivity index (χ1v) is 10.5. The molecule has 0 bridgehead atoms. The number of nitrogens with one attached hydrogen (secondary N) is 1. The van der Waals surface area contributed by atoms with Crippen LogP contribution in [0.3, 0.4) is 0 Å². The third kappa shape index (κ3) is 3.80. The van der Waals surface area contributed by atoms with Crippen LogP contribution >= 0.6 is 12.2 Å². The number of carbonyl (C=O) groups excluding carboxylic acids is 3. The van der Waals surface area contributed by atoms with Crippen LogP contribution in [0, 0.1) is 6.92 Å². The number of nitrogens with zero attached hydrogens (tertiary/aromatic N) is 2. The fourth-order valence-electron chi connectivity index (χ4n) is 3.79. The molecule has 32 heavy (non-hydrogen) atoms. The van der Waals surface area contributed by atoms with Gasteiger partial charge in [0.15, 0.2) is 5.11 Å². The van der Waals surface area contributed by atoms with Crippen molar-refractivity contribution in [3.8, 4) is 0 Å². The van der Waals surface area contributed by atoms with Crippen LogP contribution < -0.4 is 10.2 Å². The van der Waals surface area contributed by atoms with Crippen molar-refractivity contribution in [3.63, 3.8) is 0 Å². The van der Waals surface area contributed by atoms with Gasteiger partial charge in [0.1, 0.15) is 12.1 Å². The van der Waals surface area contributed by atoms with E-state index in [9.17, 15) is 14.4 Å². The van der Waals surface area contributed by atoms with Gasteiger partial charge in [-0.05, 0) is 50.3 Å². The SMILES string of the molecule is CCOC(=O)Cn1c(C)c(/C=C2\C(=O)NC(=S)N(c3ccccc3)C2=O)c2ccccc21. The van der Waals surface area contributed by atoms with Gasteiger partial charge in [0.25, 0.3) is 11.8 Å². The Balaban J connectivity index is 1.82. The Hall–Kier alpha value is -3.78. The third-order valence-electron chi connectivity index (χ3n) is 5.28. The van der Waals surface area contributed by atoms with E-state index < -0.39 is 11.8 Å². The second-order valence-electron chi connectivity index (χ2n) is 7.20. The van der Waals surface area contributed by atoms with Crippen LogP contribution in [0.2, 0.25) is 0 Å². The van der Waals surface area contributed by atoms with Gasteiger partial charge in [-0.2, -0.15) is 0 Å². The molecule has 0 aliphatic carbocycles. The van der Waals surface area contributed by atoms with Gasteiger partial charge in [0, 0.05) is 22.2 Å². The number of benzene rings is 2. The van der Waals surface area contributed by atoms with Crippen LogP contribution in [0.25, 0.3) is 17.0 Å². The molecule has 1 saturated heterocycles. The molecule has 2 aromatic carbocycles. The van der Waals surface area contributed by atoms with Crippen molar-refractivity contribution >= 4 is 57.8 Å². The van der Waals surface area contributed by atoms with Crippen molar-refractivity contribution in [2.75, 3.05) is 11.5 Å². The van der Waals surface area contributed by atoms with Crippen molar-refractivity contribution in [1.82, 2.24) is 9.88 Å². The molecule has 1 fully saturated rings. The molecule has 3 aromatic rings. The van der Waals surface area contributed by atoms with Crippen molar-refractivity contribution in [2.24, 2.45) is 0 Å². The van der Waals surface area contributed by atoms with Crippen LogP contribution in [0.15, 0.2) is 60.2 Å². The molecule has 0 atom stereocenters. The fraction of sp³-hybridized carbons (Fsp3) is 0.167. The number of hydrogen-bond donors (Lipinski definition) is 1. The van der Waals surface area contributed by atoms with E-state index in [0.29, 0.717) is 11.3 Å². The summed E-state index contributed by atoms with van der Waals surface area (Å²) >= 11 is 5.25. The highest BCUT2D eigenvalue weighted by Gasteiger charge is 2.34. The minimum absolute atomic E-state index is 0.0315. The highest BCUT2D eigenvalue weighted by Crippen LogP contribution is 2.30. The standard InChI is InChI=1S/C24H21N3O4S/c1-3-31-21(28)14-26-15(2)18(17-11-7-8-12-20(17)26)13-19-22(29)25-24(32)27(23(19)30)16-9-5-4-6-10-16/h4-13H,3,14H2,1-2H3,(H,25,29,32)/b19-13+. The molecule has 2 heterocycles. The lowest BCUT2D eigenvalue weighted by molar-refractivity contribution is -0.143. The minimum atomic E-state index is -0.561. The molecule has 8 heteroatoms. The van der Waals surface area contributed by atoms with Gasteiger partial charge in [0.2, 0.25) is 0 Å². The van der Waals surface area contributed by atoms with Gasteiger partial charge in [-0.25, -0.2) is 0 Å². The molecule has 2 amide bonds.